The van der Waals surface area contributed by atoms with E-state index in [1.165, 1.54) is 12.1 Å². The molecule has 0 heterocycles. The Morgan fingerprint density at radius 1 is 1.12 bits per heavy atom. The first kappa shape index (κ1) is 14.0. The van der Waals surface area contributed by atoms with Gasteiger partial charge in [-0.25, -0.2) is 0 Å². The lowest BCUT2D eigenvalue weighted by Gasteiger charge is -2.19. The van der Waals surface area contributed by atoms with Crippen LogP contribution in [-0.2, 0) is 12.7 Å². The smallest absolute Gasteiger partial charge is 0.324 e. The molecule has 0 spiro atoms. The second-order valence-electron chi connectivity index (χ2n) is 4.79. The quantitative estimate of drug-likeness (QED) is 0.856. The number of nitrogens with one attached hydrogen (secondary N) is 1. The molecule has 17 heavy (non-hydrogen) atoms. The number of alkyl halides is 3. The molecule has 0 amide bonds. The highest BCUT2D eigenvalue weighted by Gasteiger charge is 2.29. The van der Waals surface area contributed by atoms with Gasteiger partial charge in [-0.05, 0) is 31.5 Å². The minimum Gasteiger partial charge on any atom is -0.324 e. The van der Waals surface area contributed by atoms with E-state index in [4.69, 9.17) is 5.73 Å². The Hall–Kier alpha value is -1.07. The van der Waals surface area contributed by atoms with Gasteiger partial charge in [0.15, 0.2) is 0 Å². The topological polar surface area (TPSA) is 38.0 Å². The predicted molar refractivity (Wildman–Crippen MR) is 61.4 cm³/mol. The molecule has 1 aromatic rings. The number of hydrogen-bond acceptors (Lipinski definition) is 2. The van der Waals surface area contributed by atoms with E-state index in [2.05, 4.69) is 5.32 Å². The van der Waals surface area contributed by atoms with E-state index in [-0.39, 0.29) is 5.54 Å². The summed E-state index contributed by atoms with van der Waals surface area (Å²) in [5, 5.41) is 3.09. The molecule has 0 aliphatic carbocycles. The Morgan fingerprint density at radius 3 is 2.06 bits per heavy atom. The van der Waals surface area contributed by atoms with Crippen molar-refractivity contribution in [3.63, 3.8) is 0 Å². The van der Waals surface area contributed by atoms with Crippen molar-refractivity contribution in [3.05, 3.63) is 35.4 Å². The van der Waals surface area contributed by atoms with Crippen molar-refractivity contribution >= 4 is 0 Å². The average Bonchev–Trinajstić information content (AvgIpc) is 2.15. The lowest BCUT2D eigenvalue weighted by Crippen LogP contribution is -2.42. The number of rotatable bonds is 4. The van der Waals surface area contributed by atoms with Crippen LogP contribution in [0.3, 0.4) is 0 Å². The van der Waals surface area contributed by atoms with Crippen LogP contribution < -0.4 is 11.1 Å². The minimum atomic E-state index is -4.27. The van der Waals surface area contributed by atoms with Crippen molar-refractivity contribution in [2.45, 2.75) is 32.1 Å². The molecule has 0 aliphatic rings. The summed E-state index contributed by atoms with van der Waals surface area (Å²) < 4.78 is 36.9. The van der Waals surface area contributed by atoms with E-state index in [1.807, 2.05) is 13.8 Å². The molecule has 2 nitrogen and oxygen atoms in total. The second kappa shape index (κ2) is 5.06. The third-order valence-corrected chi connectivity index (χ3v) is 2.19. The summed E-state index contributed by atoms with van der Waals surface area (Å²) in [4.78, 5) is 0. The Balaban J connectivity index is 2.52. The molecule has 5 heteroatoms. The molecule has 0 bridgehead atoms. The van der Waals surface area contributed by atoms with Crippen LogP contribution in [0.4, 0.5) is 13.2 Å². The van der Waals surface area contributed by atoms with E-state index in [0.717, 1.165) is 17.7 Å². The molecule has 0 unspecified atom stereocenters. The zero-order valence-electron chi connectivity index (χ0n) is 9.93. The van der Waals surface area contributed by atoms with Gasteiger partial charge in [0, 0.05) is 18.6 Å². The molecule has 1 rings (SSSR count). The lowest BCUT2D eigenvalue weighted by molar-refractivity contribution is -0.137. The molecule has 0 aromatic heterocycles. The highest BCUT2D eigenvalue weighted by molar-refractivity contribution is 5.24. The Kier molecular flexibility index (Phi) is 4.16. The van der Waals surface area contributed by atoms with E-state index in [1.54, 1.807) is 0 Å². The summed E-state index contributed by atoms with van der Waals surface area (Å²) in [5.74, 6) is 0. The van der Waals surface area contributed by atoms with Crippen LogP contribution in [0.2, 0.25) is 0 Å². The Morgan fingerprint density at radius 2 is 1.65 bits per heavy atom. The zero-order valence-corrected chi connectivity index (χ0v) is 9.93. The van der Waals surface area contributed by atoms with Gasteiger partial charge in [0.25, 0.3) is 0 Å². The zero-order chi connectivity index (χ0) is 13.1. The molecule has 96 valence electrons. The highest BCUT2D eigenvalue weighted by atomic mass is 19.4. The maximum atomic E-state index is 12.3. The summed E-state index contributed by atoms with van der Waals surface area (Å²) in [5.41, 5.74) is 5.63. The summed E-state index contributed by atoms with van der Waals surface area (Å²) in [6.45, 7) is 4.88. The molecule has 0 fully saturated rings. The molecular formula is C12H17F3N2. The molecule has 0 saturated carbocycles. The van der Waals surface area contributed by atoms with E-state index >= 15 is 0 Å². The summed E-state index contributed by atoms with van der Waals surface area (Å²) in [7, 11) is 0. The van der Waals surface area contributed by atoms with Crippen molar-refractivity contribution in [2.24, 2.45) is 5.73 Å². The number of halogens is 3. The normalized spacial score (nSPS) is 12.8. The van der Waals surface area contributed by atoms with E-state index < -0.39 is 11.7 Å². The standard InChI is InChI=1S/C12H17F3N2/c1-11(2,16)8-17-7-9-3-5-10(6-4-9)12(13,14)15/h3-6,17H,7-8,16H2,1-2H3. The summed E-state index contributed by atoms with van der Waals surface area (Å²) in [6, 6.07) is 5.12. The third-order valence-electron chi connectivity index (χ3n) is 2.19. The predicted octanol–water partition coefficient (Wildman–Crippen LogP) is 2.53. The van der Waals surface area contributed by atoms with Crippen molar-refractivity contribution < 1.29 is 13.2 Å². The Bertz CT molecular complexity index is 349. The summed E-state index contributed by atoms with van der Waals surface area (Å²) in [6.07, 6.45) is -4.27. The van der Waals surface area contributed by atoms with Crippen LogP contribution in [-0.4, -0.2) is 12.1 Å². The fourth-order valence-corrected chi connectivity index (χ4v) is 1.34. The molecule has 0 aliphatic heterocycles. The number of benzene rings is 1. The SMILES string of the molecule is CC(C)(N)CNCc1ccc(C(F)(F)F)cc1. The van der Waals surface area contributed by atoms with Gasteiger partial charge in [-0.2, -0.15) is 13.2 Å². The van der Waals surface area contributed by atoms with Crippen LogP contribution in [0, 0.1) is 0 Å². The molecule has 0 saturated heterocycles. The maximum Gasteiger partial charge on any atom is 0.416 e. The fourth-order valence-electron chi connectivity index (χ4n) is 1.34. The Labute approximate surface area is 99.0 Å². The van der Waals surface area contributed by atoms with Gasteiger partial charge < -0.3 is 11.1 Å². The first-order valence-electron chi connectivity index (χ1n) is 5.34. The molecule has 0 radical (unpaired) electrons. The van der Waals surface area contributed by atoms with Gasteiger partial charge >= 0.3 is 6.18 Å². The third kappa shape index (κ3) is 5.19. The maximum absolute atomic E-state index is 12.3. The minimum absolute atomic E-state index is 0.327. The van der Waals surface area contributed by atoms with Crippen LogP contribution in [0.15, 0.2) is 24.3 Å². The number of hydrogen-bond donors (Lipinski definition) is 2. The molecular weight excluding hydrogens is 229 g/mol. The fraction of sp³-hybridized carbons (Fsp3) is 0.500. The first-order valence-corrected chi connectivity index (χ1v) is 5.34. The lowest BCUT2D eigenvalue weighted by atomic mass is 10.1. The molecule has 3 N–H and O–H groups in total. The van der Waals surface area contributed by atoms with Crippen LogP contribution in [0.1, 0.15) is 25.0 Å². The van der Waals surface area contributed by atoms with Crippen molar-refractivity contribution in [1.29, 1.82) is 0 Å². The van der Waals surface area contributed by atoms with E-state index in [9.17, 15) is 13.2 Å². The van der Waals surface area contributed by atoms with Crippen molar-refractivity contribution in [2.75, 3.05) is 6.54 Å². The van der Waals surface area contributed by atoms with Crippen molar-refractivity contribution in [1.82, 2.24) is 5.32 Å². The first-order chi connectivity index (χ1) is 7.68. The van der Waals surface area contributed by atoms with Gasteiger partial charge in [-0.1, -0.05) is 12.1 Å². The molecule has 1 aromatic carbocycles. The monoisotopic (exact) mass is 246 g/mol. The van der Waals surface area contributed by atoms with E-state index in [0.29, 0.717) is 13.1 Å². The summed E-state index contributed by atoms with van der Waals surface area (Å²) >= 11 is 0. The number of nitrogens with two attached hydrogens (primary N) is 1. The van der Waals surface area contributed by atoms with Gasteiger partial charge in [0.1, 0.15) is 0 Å². The highest BCUT2D eigenvalue weighted by Crippen LogP contribution is 2.28. The van der Waals surface area contributed by atoms with Gasteiger partial charge in [-0.15, -0.1) is 0 Å². The van der Waals surface area contributed by atoms with Gasteiger partial charge in [0.05, 0.1) is 5.56 Å². The van der Waals surface area contributed by atoms with Crippen LogP contribution >= 0.6 is 0 Å². The average molecular weight is 246 g/mol. The van der Waals surface area contributed by atoms with Crippen LogP contribution in [0.25, 0.3) is 0 Å². The van der Waals surface area contributed by atoms with Gasteiger partial charge in [-0.3, -0.25) is 0 Å². The van der Waals surface area contributed by atoms with Gasteiger partial charge in [0.2, 0.25) is 0 Å². The second-order valence-corrected chi connectivity index (χ2v) is 4.79. The van der Waals surface area contributed by atoms with Crippen molar-refractivity contribution in [3.8, 4) is 0 Å². The van der Waals surface area contributed by atoms with Crippen LogP contribution in [0.5, 0.6) is 0 Å². The largest absolute Gasteiger partial charge is 0.416 e. The molecule has 0 atom stereocenters.